The van der Waals surface area contributed by atoms with Crippen molar-refractivity contribution in [3.05, 3.63) is 35.4 Å². The summed E-state index contributed by atoms with van der Waals surface area (Å²) in [6.45, 7) is 11.8. The van der Waals surface area contributed by atoms with E-state index in [1.165, 1.54) is 5.56 Å². The molecule has 2 nitrogen and oxygen atoms in total. The molecule has 18 heavy (non-hydrogen) atoms. The summed E-state index contributed by atoms with van der Waals surface area (Å²) in [6.07, 6.45) is 0. The minimum absolute atomic E-state index is 0.138. The van der Waals surface area contributed by atoms with Gasteiger partial charge in [0.05, 0.1) is 5.92 Å². The van der Waals surface area contributed by atoms with Gasteiger partial charge in [0.15, 0.2) is 0 Å². The molecule has 0 aliphatic rings. The molecule has 0 heterocycles. The molecule has 1 aromatic carbocycles. The van der Waals surface area contributed by atoms with Crippen molar-refractivity contribution < 1.29 is 9.53 Å². The number of carbonyl (C=O) groups excluding carboxylic acids is 1. The predicted molar refractivity (Wildman–Crippen MR) is 74.6 cm³/mol. The van der Waals surface area contributed by atoms with Gasteiger partial charge in [-0.25, -0.2) is 0 Å². The lowest BCUT2D eigenvalue weighted by molar-refractivity contribution is -0.157. The zero-order valence-corrected chi connectivity index (χ0v) is 12.3. The van der Waals surface area contributed by atoms with Crippen LogP contribution in [0.15, 0.2) is 24.3 Å². The van der Waals surface area contributed by atoms with Crippen molar-refractivity contribution in [3.8, 4) is 0 Å². The van der Waals surface area contributed by atoms with E-state index in [9.17, 15) is 4.79 Å². The van der Waals surface area contributed by atoms with Crippen LogP contribution in [0.2, 0.25) is 0 Å². The maximum absolute atomic E-state index is 12.3. The molecule has 0 saturated carbocycles. The first kappa shape index (κ1) is 14.7. The zero-order chi connectivity index (χ0) is 13.9. The first-order valence-electron chi connectivity index (χ1n) is 6.50. The minimum Gasteiger partial charge on any atom is -0.459 e. The molecular formula is C16H24O2. The minimum atomic E-state index is -0.436. The summed E-state index contributed by atoms with van der Waals surface area (Å²) < 4.78 is 5.51. The number of aryl methyl sites for hydroxylation is 1. The molecule has 100 valence electrons. The van der Waals surface area contributed by atoms with Gasteiger partial charge < -0.3 is 4.74 Å². The van der Waals surface area contributed by atoms with E-state index in [1.807, 2.05) is 52.0 Å². The van der Waals surface area contributed by atoms with E-state index in [0.717, 1.165) is 5.56 Å². The number of carbonyl (C=O) groups is 1. The molecule has 0 fully saturated rings. The maximum atomic E-state index is 12.3. The molecule has 0 aliphatic heterocycles. The smallest absolute Gasteiger partial charge is 0.314 e. The molecule has 0 radical (unpaired) electrons. The molecule has 0 amide bonds. The highest BCUT2D eigenvalue weighted by molar-refractivity contribution is 5.78. The summed E-state index contributed by atoms with van der Waals surface area (Å²) in [4.78, 5) is 12.3. The van der Waals surface area contributed by atoms with Crippen LogP contribution in [0.1, 0.15) is 51.7 Å². The number of esters is 1. The maximum Gasteiger partial charge on any atom is 0.314 e. The second kappa shape index (κ2) is 5.55. The summed E-state index contributed by atoms with van der Waals surface area (Å²) >= 11 is 0. The van der Waals surface area contributed by atoms with Crippen LogP contribution < -0.4 is 0 Å². The Morgan fingerprint density at radius 2 is 1.61 bits per heavy atom. The van der Waals surface area contributed by atoms with Crippen LogP contribution in [0.4, 0.5) is 0 Å². The molecule has 1 atom stereocenters. The number of rotatable bonds is 3. The molecule has 2 heteroatoms. The van der Waals surface area contributed by atoms with Gasteiger partial charge in [0.25, 0.3) is 0 Å². The molecule has 1 aromatic rings. The topological polar surface area (TPSA) is 26.3 Å². The van der Waals surface area contributed by atoms with Crippen LogP contribution in [0, 0.1) is 12.8 Å². The number of benzene rings is 1. The van der Waals surface area contributed by atoms with Crippen molar-refractivity contribution in [2.24, 2.45) is 5.92 Å². The third kappa shape index (κ3) is 4.17. The Labute approximate surface area is 110 Å². The van der Waals surface area contributed by atoms with Crippen molar-refractivity contribution in [2.45, 2.75) is 53.1 Å². The first-order valence-corrected chi connectivity index (χ1v) is 6.50. The lowest BCUT2D eigenvalue weighted by atomic mass is 9.88. The van der Waals surface area contributed by atoms with Crippen LogP contribution in [0.5, 0.6) is 0 Å². The Balaban J connectivity index is 2.96. The van der Waals surface area contributed by atoms with Crippen molar-refractivity contribution in [3.63, 3.8) is 0 Å². The molecule has 0 saturated heterocycles. The van der Waals surface area contributed by atoms with Gasteiger partial charge in [0, 0.05) is 0 Å². The van der Waals surface area contributed by atoms with E-state index in [0.29, 0.717) is 0 Å². The van der Waals surface area contributed by atoms with Gasteiger partial charge in [-0.05, 0) is 39.2 Å². The largest absolute Gasteiger partial charge is 0.459 e. The van der Waals surface area contributed by atoms with Crippen molar-refractivity contribution >= 4 is 5.97 Å². The Kier molecular flexibility index (Phi) is 4.55. The Bertz CT molecular complexity index is 396. The fourth-order valence-electron chi connectivity index (χ4n) is 1.93. The summed E-state index contributed by atoms with van der Waals surface area (Å²) in [7, 11) is 0. The number of ether oxygens (including phenoxy) is 1. The third-order valence-electron chi connectivity index (χ3n) is 2.76. The second-order valence-electron chi connectivity index (χ2n) is 6.17. The van der Waals surface area contributed by atoms with Gasteiger partial charge in [-0.15, -0.1) is 0 Å². The van der Waals surface area contributed by atoms with E-state index < -0.39 is 5.60 Å². The van der Waals surface area contributed by atoms with Gasteiger partial charge in [-0.2, -0.15) is 0 Å². The summed E-state index contributed by atoms with van der Waals surface area (Å²) in [5.41, 5.74) is 1.80. The Morgan fingerprint density at radius 1 is 1.11 bits per heavy atom. The lowest BCUT2D eigenvalue weighted by Gasteiger charge is -2.26. The van der Waals surface area contributed by atoms with Crippen LogP contribution in [-0.2, 0) is 9.53 Å². The molecule has 0 aliphatic carbocycles. The van der Waals surface area contributed by atoms with Gasteiger partial charge in [0.2, 0.25) is 0 Å². The van der Waals surface area contributed by atoms with Crippen LogP contribution in [0.3, 0.4) is 0 Å². The molecule has 0 aromatic heterocycles. The highest BCUT2D eigenvalue weighted by atomic mass is 16.6. The highest BCUT2D eigenvalue weighted by Crippen LogP contribution is 2.28. The summed E-state index contributed by atoms with van der Waals surface area (Å²) in [6, 6.07) is 8.11. The molecule has 0 bridgehead atoms. The average Bonchev–Trinajstić information content (AvgIpc) is 2.18. The van der Waals surface area contributed by atoms with E-state index in [1.54, 1.807) is 0 Å². The quantitative estimate of drug-likeness (QED) is 0.753. The van der Waals surface area contributed by atoms with Crippen molar-refractivity contribution in [1.29, 1.82) is 0 Å². The average molecular weight is 248 g/mol. The molecule has 1 rings (SSSR count). The van der Waals surface area contributed by atoms with Gasteiger partial charge in [0.1, 0.15) is 5.60 Å². The van der Waals surface area contributed by atoms with E-state index in [-0.39, 0.29) is 17.8 Å². The number of hydrogen-bond acceptors (Lipinski definition) is 2. The van der Waals surface area contributed by atoms with Gasteiger partial charge in [-0.3, -0.25) is 4.79 Å². The predicted octanol–water partition coefficient (Wildman–Crippen LogP) is 4.08. The van der Waals surface area contributed by atoms with Gasteiger partial charge >= 0.3 is 5.97 Å². The first-order chi connectivity index (χ1) is 8.20. The molecular weight excluding hydrogens is 224 g/mol. The lowest BCUT2D eigenvalue weighted by Crippen LogP contribution is -2.29. The normalized spacial score (nSPS) is 13.5. The zero-order valence-electron chi connectivity index (χ0n) is 12.3. The molecule has 0 N–H and O–H groups in total. The van der Waals surface area contributed by atoms with Crippen molar-refractivity contribution in [1.82, 2.24) is 0 Å². The fourth-order valence-corrected chi connectivity index (χ4v) is 1.93. The fraction of sp³-hybridized carbons (Fsp3) is 0.562. The Hall–Kier alpha value is -1.31. The summed E-state index contributed by atoms with van der Waals surface area (Å²) in [5.74, 6) is -0.103. The second-order valence-corrected chi connectivity index (χ2v) is 6.17. The monoisotopic (exact) mass is 248 g/mol. The van der Waals surface area contributed by atoms with Crippen LogP contribution in [0.25, 0.3) is 0 Å². The van der Waals surface area contributed by atoms with Crippen molar-refractivity contribution in [2.75, 3.05) is 0 Å². The van der Waals surface area contributed by atoms with E-state index in [4.69, 9.17) is 4.74 Å². The molecule has 1 unspecified atom stereocenters. The number of hydrogen-bond donors (Lipinski definition) is 0. The molecule has 0 spiro atoms. The van der Waals surface area contributed by atoms with E-state index >= 15 is 0 Å². The summed E-state index contributed by atoms with van der Waals surface area (Å²) in [5, 5.41) is 0. The highest BCUT2D eigenvalue weighted by Gasteiger charge is 2.28. The third-order valence-corrected chi connectivity index (χ3v) is 2.76. The van der Waals surface area contributed by atoms with Gasteiger partial charge in [-0.1, -0.05) is 43.7 Å². The van der Waals surface area contributed by atoms with E-state index in [2.05, 4.69) is 13.8 Å². The van der Waals surface area contributed by atoms with Crippen LogP contribution in [-0.4, -0.2) is 11.6 Å². The van der Waals surface area contributed by atoms with Crippen LogP contribution >= 0.6 is 0 Å². The SMILES string of the molecule is Cc1ccc(C(C(=O)OC(C)(C)C)C(C)C)cc1. The standard InChI is InChI=1S/C16H24O2/c1-11(2)14(15(17)18-16(4,5)6)13-9-7-12(3)8-10-13/h7-11,14H,1-6H3. The Morgan fingerprint density at radius 3 is 2.00 bits per heavy atom.